The number of benzene rings is 1. The van der Waals surface area contributed by atoms with E-state index in [2.05, 4.69) is 18.9 Å². The van der Waals surface area contributed by atoms with E-state index in [9.17, 15) is 9.18 Å². The van der Waals surface area contributed by atoms with Crippen LogP contribution in [-0.2, 0) is 0 Å². The SMILES string of the molecule is CCC(CC)n1cc(C=O)c(-c2ccc(F)c(C)c2)n1. The predicted octanol–water partition coefficient (Wildman–Crippen LogP) is 4.17. The zero-order valence-corrected chi connectivity index (χ0v) is 12.1. The van der Waals surface area contributed by atoms with Crippen LogP contribution in [0.1, 0.15) is 48.7 Å². The molecule has 0 spiro atoms. The van der Waals surface area contributed by atoms with Gasteiger partial charge in [0.25, 0.3) is 0 Å². The molecule has 0 radical (unpaired) electrons. The molecule has 0 aliphatic heterocycles. The molecular weight excluding hydrogens is 255 g/mol. The Morgan fingerprint density at radius 3 is 2.60 bits per heavy atom. The number of hydrogen-bond donors (Lipinski definition) is 0. The number of nitrogens with zero attached hydrogens (tertiary/aromatic N) is 2. The van der Waals surface area contributed by atoms with E-state index < -0.39 is 0 Å². The summed E-state index contributed by atoms with van der Waals surface area (Å²) in [6, 6.07) is 5.08. The van der Waals surface area contributed by atoms with Gasteiger partial charge >= 0.3 is 0 Å². The number of aryl methyl sites for hydroxylation is 1. The lowest BCUT2D eigenvalue weighted by atomic mass is 10.1. The van der Waals surface area contributed by atoms with Gasteiger partial charge in [0.05, 0.1) is 11.6 Å². The molecule has 0 saturated heterocycles. The van der Waals surface area contributed by atoms with E-state index in [-0.39, 0.29) is 11.9 Å². The topological polar surface area (TPSA) is 34.9 Å². The standard InChI is InChI=1S/C16H19FN2O/c1-4-14(5-2)19-9-13(10-20)16(18-19)12-6-7-15(17)11(3)8-12/h6-10,14H,4-5H2,1-3H3. The third kappa shape index (κ3) is 2.64. The first-order valence-electron chi connectivity index (χ1n) is 6.91. The fraction of sp³-hybridized carbons (Fsp3) is 0.375. The van der Waals surface area contributed by atoms with Gasteiger partial charge in [0.1, 0.15) is 11.5 Å². The molecule has 0 unspecified atom stereocenters. The lowest BCUT2D eigenvalue weighted by Gasteiger charge is -2.12. The van der Waals surface area contributed by atoms with Crippen LogP contribution in [0.2, 0.25) is 0 Å². The first-order valence-corrected chi connectivity index (χ1v) is 6.91. The van der Waals surface area contributed by atoms with E-state index in [4.69, 9.17) is 0 Å². The molecule has 3 nitrogen and oxygen atoms in total. The molecule has 0 N–H and O–H groups in total. The molecule has 4 heteroatoms. The number of carbonyl (C=O) groups excluding carboxylic acids is 1. The highest BCUT2D eigenvalue weighted by Gasteiger charge is 2.15. The van der Waals surface area contributed by atoms with Gasteiger partial charge in [-0.05, 0) is 43.5 Å². The first-order chi connectivity index (χ1) is 9.60. The summed E-state index contributed by atoms with van der Waals surface area (Å²) >= 11 is 0. The van der Waals surface area contributed by atoms with E-state index in [0.717, 1.165) is 24.7 Å². The zero-order valence-electron chi connectivity index (χ0n) is 12.1. The highest BCUT2D eigenvalue weighted by Crippen LogP contribution is 2.25. The summed E-state index contributed by atoms with van der Waals surface area (Å²) in [5.41, 5.74) is 2.49. The maximum atomic E-state index is 13.3. The largest absolute Gasteiger partial charge is 0.298 e. The van der Waals surface area contributed by atoms with Crippen molar-refractivity contribution in [3.63, 3.8) is 0 Å². The molecular formula is C16H19FN2O. The third-order valence-corrected chi connectivity index (χ3v) is 3.64. The Hall–Kier alpha value is -1.97. The Balaban J connectivity index is 2.49. The van der Waals surface area contributed by atoms with Crippen molar-refractivity contribution in [2.75, 3.05) is 0 Å². The molecule has 0 fully saturated rings. The van der Waals surface area contributed by atoms with E-state index in [1.807, 2.05) is 4.68 Å². The fourth-order valence-corrected chi connectivity index (χ4v) is 2.36. The van der Waals surface area contributed by atoms with Crippen molar-refractivity contribution in [1.29, 1.82) is 0 Å². The lowest BCUT2D eigenvalue weighted by molar-refractivity contribution is 0.112. The molecule has 1 aromatic heterocycles. The third-order valence-electron chi connectivity index (χ3n) is 3.64. The molecule has 20 heavy (non-hydrogen) atoms. The minimum atomic E-state index is -0.249. The van der Waals surface area contributed by atoms with Gasteiger partial charge in [0.2, 0.25) is 0 Å². The van der Waals surface area contributed by atoms with Crippen molar-refractivity contribution in [3.8, 4) is 11.3 Å². The summed E-state index contributed by atoms with van der Waals surface area (Å²) in [6.45, 7) is 5.90. The molecule has 0 bridgehead atoms. The number of hydrogen-bond acceptors (Lipinski definition) is 2. The predicted molar refractivity (Wildman–Crippen MR) is 77.4 cm³/mol. The minimum Gasteiger partial charge on any atom is -0.298 e. The Bertz CT molecular complexity index is 615. The highest BCUT2D eigenvalue weighted by atomic mass is 19.1. The molecule has 1 aromatic carbocycles. The zero-order chi connectivity index (χ0) is 14.7. The Labute approximate surface area is 118 Å². The molecule has 106 valence electrons. The summed E-state index contributed by atoms with van der Waals surface area (Å²) in [6.07, 6.45) is 4.50. The molecule has 1 heterocycles. The van der Waals surface area contributed by atoms with E-state index in [1.54, 1.807) is 25.3 Å². The van der Waals surface area contributed by atoms with Crippen molar-refractivity contribution >= 4 is 6.29 Å². The average Bonchev–Trinajstić information content (AvgIpc) is 2.87. The number of aldehydes is 1. The summed E-state index contributed by atoms with van der Waals surface area (Å²) in [4.78, 5) is 11.2. The molecule has 2 rings (SSSR count). The molecule has 0 saturated carbocycles. The first kappa shape index (κ1) is 14.4. The van der Waals surface area contributed by atoms with Crippen LogP contribution in [0.15, 0.2) is 24.4 Å². The second-order valence-electron chi connectivity index (χ2n) is 4.97. The van der Waals surface area contributed by atoms with Crippen molar-refractivity contribution in [2.24, 2.45) is 0 Å². The van der Waals surface area contributed by atoms with Crippen molar-refractivity contribution in [2.45, 2.75) is 39.7 Å². The van der Waals surface area contributed by atoms with Gasteiger partial charge in [-0.3, -0.25) is 9.48 Å². The van der Waals surface area contributed by atoms with Crippen LogP contribution >= 0.6 is 0 Å². The van der Waals surface area contributed by atoms with Crippen LogP contribution in [0.3, 0.4) is 0 Å². The highest BCUT2D eigenvalue weighted by molar-refractivity contribution is 5.85. The summed E-state index contributed by atoms with van der Waals surface area (Å²) < 4.78 is 15.2. The van der Waals surface area contributed by atoms with Crippen LogP contribution in [0, 0.1) is 12.7 Å². The smallest absolute Gasteiger partial charge is 0.153 e. The van der Waals surface area contributed by atoms with Crippen molar-refractivity contribution in [1.82, 2.24) is 9.78 Å². The molecule has 0 aliphatic carbocycles. The van der Waals surface area contributed by atoms with E-state index >= 15 is 0 Å². The van der Waals surface area contributed by atoms with Gasteiger partial charge in [-0.1, -0.05) is 13.8 Å². The molecule has 0 atom stereocenters. The average molecular weight is 274 g/mol. The van der Waals surface area contributed by atoms with Crippen molar-refractivity contribution < 1.29 is 9.18 Å². The number of halogens is 1. The number of carbonyl (C=O) groups is 1. The van der Waals surface area contributed by atoms with Gasteiger partial charge in [0.15, 0.2) is 6.29 Å². The summed E-state index contributed by atoms with van der Waals surface area (Å²) in [5.74, 6) is -0.249. The molecule has 0 aliphatic rings. The summed E-state index contributed by atoms with van der Waals surface area (Å²) in [7, 11) is 0. The minimum absolute atomic E-state index is 0.249. The number of rotatable bonds is 5. The van der Waals surface area contributed by atoms with Crippen LogP contribution in [-0.4, -0.2) is 16.1 Å². The van der Waals surface area contributed by atoms with Gasteiger partial charge in [-0.15, -0.1) is 0 Å². The Kier molecular flexibility index (Phi) is 4.32. The van der Waals surface area contributed by atoms with Gasteiger partial charge < -0.3 is 0 Å². The van der Waals surface area contributed by atoms with Gasteiger partial charge in [0, 0.05) is 11.8 Å². The fourth-order valence-electron chi connectivity index (χ4n) is 2.36. The molecule has 2 aromatic rings. The number of aromatic nitrogens is 2. The normalized spacial score (nSPS) is 11.1. The Morgan fingerprint density at radius 1 is 1.35 bits per heavy atom. The van der Waals surface area contributed by atoms with E-state index in [0.29, 0.717) is 16.8 Å². The van der Waals surface area contributed by atoms with Crippen LogP contribution < -0.4 is 0 Å². The maximum Gasteiger partial charge on any atom is 0.153 e. The Morgan fingerprint density at radius 2 is 2.05 bits per heavy atom. The molecule has 0 amide bonds. The maximum absolute atomic E-state index is 13.3. The second kappa shape index (κ2) is 5.99. The monoisotopic (exact) mass is 274 g/mol. The van der Waals surface area contributed by atoms with Crippen LogP contribution in [0.5, 0.6) is 0 Å². The van der Waals surface area contributed by atoms with Gasteiger partial charge in [-0.25, -0.2) is 4.39 Å². The van der Waals surface area contributed by atoms with Crippen LogP contribution in [0.25, 0.3) is 11.3 Å². The lowest BCUT2D eigenvalue weighted by Crippen LogP contribution is -2.07. The van der Waals surface area contributed by atoms with E-state index in [1.165, 1.54) is 6.07 Å². The summed E-state index contributed by atoms with van der Waals surface area (Å²) in [5, 5.41) is 4.53. The second-order valence-corrected chi connectivity index (χ2v) is 4.97. The van der Waals surface area contributed by atoms with Crippen LogP contribution in [0.4, 0.5) is 4.39 Å². The van der Waals surface area contributed by atoms with Gasteiger partial charge in [-0.2, -0.15) is 5.10 Å². The quantitative estimate of drug-likeness (QED) is 0.767. The van der Waals surface area contributed by atoms with Crippen molar-refractivity contribution in [3.05, 3.63) is 41.3 Å².